The summed E-state index contributed by atoms with van der Waals surface area (Å²) in [7, 11) is 0. The molecule has 0 aromatic heterocycles. The summed E-state index contributed by atoms with van der Waals surface area (Å²) in [6.07, 6.45) is -0.598. The molecule has 1 fully saturated rings. The van der Waals surface area contributed by atoms with E-state index in [1.165, 1.54) is 6.07 Å². The normalized spacial score (nSPS) is 16.1. The monoisotopic (exact) mass is 384 g/mol. The van der Waals surface area contributed by atoms with Gasteiger partial charge in [0.1, 0.15) is 5.75 Å². The first-order chi connectivity index (χ1) is 12.8. The molecule has 0 bridgehead atoms. The van der Waals surface area contributed by atoms with Crippen molar-refractivity contribution < 1.29 is 27.8 Å². The molecule has 1 aromatic carbocycles. The largest absolute Gasteiger partial charge is 0.481 e. The van der Waals surface area contributed by atoms with E-state index in [0.717, 1.165) is 12.1 Å². The second-order valence-corrected chi connectivity index (χ2v) is 6.97. The van der Waals surface area contributed by atoms with Gasteiger partial charge in [0, 0.05) is 32.2 Å². The average molecular weight is 384 g/mol. The molecule has 6 nitrogen and oxygen atoms in total. The fourth-order valence-electron chi connectivity index (χ4n) is 2.71. The summed E-state index contributed by atoms with van der Waals surface area (Å²) in [6, 6.07) is 3.14. The van der Waals surface area contributed by atoms with Gasteiger partial charge in [0.2, 0.25) is 0 Å². The van der Waals surface area contributed by atoms with Crippen molar-refractivity contribution in [2.75, 3.05) is 32.8 Å². The Morgan fingerprint density at radius 3 is 2.37 bits per heavy atom. The van der Waals surface area contributed by atoms with E-state index in [9.17, 15) is 18.4 Å². The number of nitrogens with zero attached hydrogens (tertiary/aromatic N) is 2. The fraction of sp³-hybridized carbons (Fsp3) is 0.579. The molecule has 1 aromatic rings. The van der Waals surface area contributed by atoms with Gasteiger partial charge in [-0.25, -0.2) is 13.6 Å². The maximum absolute atomic E-state index is 13.3. The third kappa shape index (κ3) is 6.08. The van der Waals surface area contributed by atoms with Gasteiger partial charge in [-0.15, -0.1) is 0 Å². The molecule has 0 N–H and O–H groups in total. The quantitative estimate of drug-likeness (QED) is 0.783. The van der Waals surface area contributed by atoms with Gasteiger partial charge in [0.15, 0.2) is 17.7 Å². The van der Waals surface area contributed by atoms with Crippen LogP contribution in [0, 0.1) is 17.6 Å². The standard InChI is InChI=1S/C19H26F2N2O4/c1-13(2)12-26-19(25)23-8-4-7-22(9-10-23)18(24)14(3)27-15-5-6-16(20)17(21)11-15/h5-6,11,13-14H,4,7-10,12H2,1-3H3. The second kappa shape index (κ2) is 9.53. The van der Waals surface area contributed by atoms with Gasteiger partial charge in [-0.1, -0.05) is 13.8 Å². The number of halogens is 2. The van der Waals surface area contributed by atoms with Crippen LogP contribution in [-0.2, 0) is 9.53 Å². The van der Waals surface area contributed by atoms with E-state index in [-0.39, 0.29) is 23.7 Å². The highest BCUT2D eigenvalue weighted by molar-refractivity contribution is 5.81. The van der Waals surface area contributed by atoms with Crippen molar-refractivity contribution in [3.05, 3.63) is 29.8 Å². The zero-order chi connectivity index (χ0) is 20.0. The molecular weight excluding hydrogens is 358 g/mol. The van der Waals surface area contributed by atoms with E-state index in [1.54, 1.807) is 16.7 Å². The maximum atomic E-state index is 13.3. The lowest BCUT2D eigenvalue weighted by Gasteiger charge is -2.25. The van der Waals surface area contributed by atoms with Crippen molar-refractivity contribution in [2.45, 2.75) is 33.3 Å². The number of amides is 2. The molecular formula is C19H26F2N2O4. The molecule has 2 amide bonds. The Morgan fingerprint density at radius 1 is 1.04 bits per heavy atom. The predicted octanol–water partition coefficient (Wildman–Crippen LogP) is 3.06. The summed E-state index contributed by atoms with van der Waals surface area (Å²) in [4.78, 5) is 27.9. The minimum absolute atomic E-state index is 0.0865. The van der Waals surface area contributed by atoms with Crippen LogP contribution < -0.4 is 4.74 Å². The van der Waals surface area contributed by atoms with Crippen molar-refractivity contribution >= 4 is 12.0 Å². The molecule has 1 heterocycles. The van der Waals surface area contributed by atoms with Crippen LogP contribution >= 0.6 is 0 Å². The smallest absolute Gasteiger partial charge is 0.409 e. The summed E-state index contributed by atoms with van der Waals surface area (Å²) in [5.74, 6) is -1.93. The van der Waals surface area contributed by atoms with Gasteiger partial charge in [0.05, 0.1) is 6.61 Å². The molecule has 1 aliphatic rings. The van der Waals surface area contributed by atoms with E-state index in [2.05, 4.69) is 0 Å². The molecule has 27 heavy (non-hydrogen) atoms. The Bertz CT molecular complexity index is 669. The highest BCUT2D eigenvalue weighted by Gasteiger charge is 2.27. The number of hydrogen-bond acceptors (Lipinski definition) is 4. The number of hydrogen-bond donors (Lipinski definition) is 0. The van der Waals surface area contributed by atoms with Gasteiger partial charge < -0.3 is 19.3 Å². The SMILES string of the molecule is CC(C)COC(=O)N1CCCN(C(=O)C(C)Oc2ccc(F)c(F)c2)CC1. The Morgan fingerprint density at radius 2 is 1.70 bits per heavy atom. The van der Waals surface area contributed by atoms with Crippen LogP contribution in [0.2, 0.25) is 0 Å². The lowest BCUT2D eigenvalue weighted by Crippen LogP contribution is -2.43. The minimum atomic E-state index is -1.03. The first kappa shape index (κ1) is 20.9. The zero-order valence-electron chi connectivity index (χ0n) is 15.9. The van der Waals surface area contributed by atoms with Crippen LogP contribution in [-0.4, -0.2) is 60.7 Å². The van der Waals surface area contributed by atoms with Crippen LogP contribution in [0.4, 0.5) is 13.6 Å². The lowest BCUT2D eigenvalue weighted by molar-refractivity contribution is -0.137. The molecule has 1 atom stereocenters. The summed E-state index contributed by atoms with van der Waals surface area (Å²) in [6.45, 7) is 7.58. The Balaban J connectivity index is 1.89. The molecule has 0 radical (unpaired) electrons. The van der Waals surface area contributed by atoms with Gasteiger partial charge in [-0.3, -0.25) is 4.79 Å². The Kier molecular flexibility index (Phi) is 7.38. The van der Waals surface area contributed by atoms with Crippen molar-refractivity contribution in [2.24, 2.45) is 5.92 Å². The van der Waals surface area contributed by atoms with E-state index < -0.39 is 17.7 Å². The fourth-order valence-corrected chi connectivity index (χ4v) is 2.71. The van der Waals surface area contributed by atoms with Gasteiger partial charge in [-0.05, 0) is 31.4 Å². The first-order valence-corrected chi connectivity index (χ1v) is 9.10. The van der Waals surface area contributed by atoms with Gasteiger partial charge in [-0.2, -0.15) is 0 Å². The van der Waals surface area contributed by atoms with E-state index in [4.69, 9.17) is 9.47 Å². The van der Waals surface area contributed by atoms with Crippen LogP contribution in [0.1, 0.15) is 27.2 Å². The number of benzene rings is 1. The molecule has 0 aliphatic carbocycles. The maximum Gasteiger partial charge on any atom is 0.409 e. The predicted molar refractivity (Wildman–Crippen MR) is 95.4 cm³/mol. The van der Waals surface area contributed by atoms with Crippen molar-refractivity contribution in [1.29, 1.82) is 0 Å². The van der Waals surface area contributed by atoms with E-state index in [0.29, 0.717) is 39.2 Å². The van der Waals surface area contributed by atoms with Crippen LogP contribution in [0.25, 0.3) is 0 Å². The highest BCUT2D eigenvalue weighted by atomic mass is 19.2. The first-order valence-electron chi connectivity index (χ1n) is 9.10. The third-order valence-corrected chi connectivity index (χ3v) is 4.16. The van der Waals surface area contributed by atoms with Crippen LogP contribution in [0.3, 0.4) is 0 Å². The third-order valence-electron chi connectivity index (χ3n) is 4.16. The molecule has 2 rings (SSSR count). The van der Waals surface area contributed by atoms with E-state index >= 15 is 0 Å². The van der Waals surface area contributed by atoms with Crippen molar-refractivity contribution in [3.8, 4) is 5.75 Å². The number of carbonyl (C=O) groups is 2. The van der Waals surface area contributed by atoms with Crippen LogP contribution in [0.5, 0.6) is 5.75 Å². The molecule has 1 saturated heterocycles. The van der Waals surface area contributed by atoms with Crippen molar-refractivity contribution in [3.63, 3.8) is 0 Å². The molecule has 0 spiro atoms. The molecule has 150 valence electrons. The molecule has 8 heteroatoms. The zero-order valence-corrected chi connectivity index (χ0v) is 15.9. The average Bonchev–Trinajstić information content (AvgIpc) is 2.88. The second-order valence-electron chi connectivity index (χ2n) is 6.97. The number of ether oxygens (including phenoxy) is 2. The number of rotatable bonds is 5. The Labute approximate surface area is 158 Å². The molecule has 1 aliphatic heterocycles. The highest BCUT2D eigenvalue weighted by Crippen LogP contribution is 2.18. The van der Waals surface area contributed by atoms with Gasteiger partial charge >= 0.3 is 6.09 Å². The lowest BCUT2D eigenvalue weighted by atomic mass is 10.2. The minimum Gasteiger partial charge on any atom is -0.481 e. The Hall–Kier alpha value is -2.38. The number of carbonyl (C=O) groups excluding carboxylic acids is 2. The van der Waals surface area contributed by atoms with E-state index in [1.807, 2.05) is 13.8 Å². The summed E-state index contributed by atoms with van der Waals surface area (Å²) < 4.78 is 36.9. The summed E-state index contributed by atoms with van der Waals surface area (Å²) in [5, 5.41) is 0. The molecule has 0 saturated carbocycles. The van der Waals surface area contributed by atoms with Crippen LogP contribution in [0.15, 0.2) is 18.2 Å². The molecule has 1 unspecified atom stereocenters. The van der Waals surface area contributed by atoms with Gasteiger partial charge in [0.25, 0.3) is 5.91 Å². The summed E-state index contributed by atoms with van der Waals surface area (Å²) >= 11 is 0. The van der Waals surface area contributed by atoms with Crippen molar-refractivity contribution in [1.82, 2.24) is 9.80 Å². The summed E-state index contributed by atoms with van der Waals surface area (Å²) in [5.41, 5.74) is 0. The topological polar surface area (TPSA) is 59.1 Å².